The maximum atomic E-state index is 13.0. The van der Waals surface area contributed by atoms with Gasteiger partial charge in [0.1, 0.15) is 0 Å². The molecule has 1 aliphatic heterocycles. The summed E-state index contributed by atoms with van der Waals surface area (Å²) in [6.45, 7) is 10.4. The number of aryl methyl sites for hydroxylation is 1. The lowest BCUT2D eigenvalue weighted by molar-refractivity contribution is 0.130. The molecule has 27 heavy (non-hydrogen) atoms. The van der Waals surface area contributed by atoms with Gasteiger partial charge in [0, 0.05) is 23.8 Å². The Hall–Kier alpha value is -2.44. The highest BCUT2D eigenvalue weighted by Gasteiger charge is 2.51. The second kappa shape index (κ2) is 6.32. The highest BCUT2D eigenvalue weighted by Crippen LogP contribution is 2.52. The molecule has 0 spiro atoms. The topological polar surface area (TPSA) is 75.9 Å². The molecule has 4 rings (SSSR count). The highest BCUT2D eigenvalue weighted by atomic mass is 16.2. The van der Waals surface area contributed by atoms with Crippen molar-refractivity contribution >= 4 is 11.7 Å². The van der Waals surface area contributed by atoms with E-state index in [4.69, 9.17) is 0 Å². The van der Waals surface area contributed by atoms with E-state index in [0.717, 1.165) is 30.6 Å². The van der Waals surface area contributed by atoms with Gasteiger partial charge in [0.15, 0.2) is 0 Å². The highest BCUT2D eigenvalue weighted by molar-refractivity contribution is 5.90. The van der Waals surface area contributed by atoms with Crippen molar-refractivity contribution in [2.45, 2.75) is 59.5 Å². The largest absolute Gasteiger partial charge is 0.322 e. The molecule has 1 aliphatic carbocycles. The number of hydrogen-bond acceptors (Lipinski definition) is 4. The molecule has 2 fully saturated rings. The molecule has 2 atom stereocenters. The van der Waals surface area contributed by atoms with Crippen molar-refractivity contribution < 1.29 is 4.79 Å². The fourth-order valence-corrected chi connectivity index (χ4v) is 5.12. The van der Waals surface area contributed by atoms with Gasteiger partial charge in [0.05, 0.1) is 6.54 Å². The van der Waals surface area contributed by atoms with E-state index in [9.17, 15) is 4.79 Å². The first-order chi connectivity index (χ1) is 12.8. The SMILES string of the molecule is CCn1nnc(-c2cccc(NC(=O)N3C[C@]4(C)CC3CC(C)(C)C4)c2)n1. The summed E-state index contributed by atoms with van der Waals surface area (Å²) in [5.74, 6) is 0.569. The Morgan fingerprint density at radius 2 is 2.11 bits per heavy atom. The molecule has 2 aromatic rings. The Morgan fingerprint density at radius 1 is 1.30 bits per heavy atom. The second-order valence-corrected chi connectivity index (χ2v) is 9.15. The average molecular weight is 368 g/mol. The zero-order chi connectivity index (χ0) is 19.2. The van der Waals surface area contributed by atoms with Gasteiger partial charge in [-0.3, -0.25) is 0 Å². The molecule has 144 valence electrons. The number of benzene rings is 1. The monoisotopic (exact) mass is 368 g/mol. The second-order valence-electron chi connectivity index (χ2n) is 9.15. The average Bonchev–Trinajstić information content (AvgIpc) is 3.16. The van der Waals surface area contributed by atoms with Crippen molar-refractivity contribution in [2.75, 3.05) is 11.9 Å². The van der Waals surface area contributed by atoms with Gasteiger partial charge in [-0.15, -0.1) is 10.2 Å². The van der Waals surface area contributed by atoms with Crippen molar-refractivity contribution in [3.8, 4) is 11.4 Å². The third kappa shape index (κ3) is 3.55. The molecule has 1 unspecified atom stereocenters. The number of fused-ring (bicyclic) bond motifs is 2. The van der Waals surface area contributed by atoms with Crippen LogP contribution in [-0.2, 0) is 6.54 Å². The number of anilines is 1. The fraction of sp³-hybridized carbons (Fsp3) is 0.600. The Labute approximate surface area is 160 Å². The van der Waals surface area contributed by atoms with Crippen LogP contribution >= 0.6 is 0 Å². The maximum Gasteiger partial charge on any atom is 0.322 e. The normalized spacial score (nSPS) is 26.2. The number of likely N-dealkylation sites (tertiary alicyclic amines) is 1. The lowest BCUT2D eigenvalue weighted by Crippen LogP contribution is -2.40. The molecule has 1 N–H and O–H groups in total. The van der Waals surface area contributed by atoms with Crippen LogP contribution in [0.15, 0.2) is 24.3 Å². The summed E-state index contributed by atoms with van der Waals surface area (Å²) in [5.41, 5.74) is 2.13. The van der Waals surface area contributed by atoms with Gasteiger partial charge in [-0.2, -0.15) is 4.80 Å². The van der Waals surface area contributed by atoms with Crippen molar-refractivity contribution in [3.05, 3.63) is 24.3 Å². The van der Waals surface area contributed by atoms with Gasteiger partial charge >= 0.3 is 6.03 Å². The van der Waals surface area contributed by atoms with Crippen LogP contribution in [0, 0.1) is 10.8 Å². The van der Waals surface area contributed by atoms with Crippen molar-refractivity contribution in [2.24, 2.45) is 10.8 Å². The van der Waals surface area contributed by atoms with Gasteiger partial charge in [-0.25, -0.2) is 4.79 Å². The number of aromatic nitrogens is 4. The van der Waals surface area contributed by atoms with E-state index in [2.05, 4.69) is 41.5 Å². The summed E-state index contributed by atoms with van der Waals surface area (Å²) in [7, 11) is 0. The Bertz CT molecular complexity index is 860. The summed E-state index contributed by atoms with van der Waals surface area (Å²) < 4.78 is 0. The van der Waals surface area contributed by atoms with Crippen LogP contribution < -0.4 is 5.32 Å². The molecule has 2 amide bonds. The van der Waals surface area contributed by atoms with Gasteiger partial charge in [0.2, 0.25) is 5.82 Å². The number of amides is 2. The molecule has 7 heteroatoms. The minimum atomic E-state index is -0.0104. The number of nitrogens with zero attached hydrogens (tertiary/aromatic N) is 5. The third-order valence-corrected chi connectivity index (χ3v) is 5.78. The first kappa shape index (κ1) is 17.9. The molecular weight excluding hydrogens is 340 g/mol. The molecule has 7 nitrogen and oxygen atoms in total. The van der Waals surface area contributed by atoms with E-state index >= 15 is 0 Å². The summed E-state index contributed by atoms with van der Waals surface area (Å²) in [6, 6.07) is 7.96. The predicted molar refractivity (Wildman–Crippen MR) is 104 cm³/mol. The van der Waals surface area contributed by atoms with Gasteiger partial charge in [-0.1, -0.05) is 32.9 Å². The van der Waals surface area contributed by atoms with E-state index in [1.807, 2.05) is 36.1 Å². The van der Waals surface area contributed by atoms with Crippen LogP contribution in [0.2, 0.25) is 0 Å². The molecule has 1 saturated heterocycles. The quantitative estimate of drug-likeness (QED) is 0.894. The van der Waals surface area contributed by atoms with E-state index in [1.165, 1.54) is 6.42 Å². The number of hydrogen-bond donors (Lipinski definition) is 1. The van der Waals surface area contributed by atoms with Crippen LogP contribution in [-0.4, -0.2) is 43.7 Å². The van der Waals surface area contributed by atoms with E-state index < -0.39 is 0 Å². The Morgan fingerprint density at radius 3 is 2.85 bits per heavy atom. The summed E-state index contributed by atoms with van der Waals surface area (Å²) in [5, 5.41) is 15.5. The van der Waals surface area contributed by atoms with Crippen LogP contribution in [0.4, 0.5) is 10.5 Å². The molecule has 1 saturated carbocycles. The molecular formula is C20H28N6O. The summed E-state index contributed by atoms with van der Waals surface area (Å²) >= 11 is 0. The van der Waals surface area contributed by atoms with Crippen LogP contribution in [0.1, 0.15) is 47.0 Å². The summed E-state index contributed by atoms with van der Waals surface area (Å²) in [6.07, 6.45) is 3.35. The van der Waals surface area contributed by atoms with Crippen molar-refractivity contribution in [1.29, 1.82) is 0 Å². The van der Waals surface area contributed by atoms with Gasteiger partial charge < -0.3 is 10.2 Å². The first-order valence-electron chi connectivity index (χ1n) is 9.73. The van der Waals surface area contributed by atoms with E-state index in [1.54, 1.807) is 4.80 Å². The van der Waals surface area contributed by atoms with Crippen molar-refractivity contribution in [1.82, 2.24) is 25.1 Å². The lowest BCUT2D eigenvalue weighted by atomic mass is 9.65. The lowest BCUT2D eigenvalue weighted by Gasteiger charge is -2.39. The number of nitrogens with one attached hydrogen (secondary N) is 1. The Balaban J connectivity index is 1.50. The van der Waals surface area contributed by atoms with E-state index in [0.29, 0.717) is 23.8 Å². The predicted octanol–water partition coefficient (Wildman–Crippen LogP) is 3.79. The van der Waals surface area contributed by atoms with Crippen molar-refractivity contribution in [3.63, 3.8) is 0 Å². The minimum absolute atomic E-state index is 0.0104. The number of tetrazole rings is 1. The van der Waals surface area contributed by atoms with Crippen LogP contribution in [0.5, 0.6) is 0 Å². The standard InChI is InChI=1S/C20H28N6O/c1-5-26-23-17(22-24-26)14-7-6-8-15(9-14)21-18(27)25-13-20(4)11-16(25)10-19(2,3)12-20/h6-9,16H,5,10-13H2,1-4H3,(H,21,27)/t16?,20-/m1/s1. The van der Waals surface area contributed by atoms with Crippen LogP contribution in [0.25, 0.3) is 11.4 Å². The zero-order valence-corrected chi connectivity index (χ0v) is 16.6. The zero-order valence-electron chi connectivity index (χ0n) is 16.6. The smallest absolute Gasteiger partial charge is 0.321 e. The molecule has 1 aromatic carbocycles. The maximum absolute atomic E-state index is 13.0. The van der Waals surface area contributed by atoms with E-state index in [-0.39, 0.29) is 11.4 Å². The minimum Gasteiger partial charge on any atom is -0.321 e. The fourth-order valence-electron chi connectivity index (χ4n) is 5.12. The molecule has 2 aliphatic rings. The van der Waals surface area contributed by atoms with Gasteiger partial charge in [0.25, 0.3) is 0 Å². The number of rotatable bonds is 3. The van der Waals surface area contributed by atoms with Crippen LogP contribution in [0.3, 0.4) is 0 Å². The number of carbonyl (C=O) groups excluding carboxylic acids is 1. The molecule has 2 heterocycles. The molecule has 2 bridgehead atoms. The third-order valence-electron chi connectivity index (χ3n) is 5.78. The number of carbonyl (C=O) groups is 1. The summed E-state index contributed by atoms with van der Waals surface area (Å²) in [4.78, 5) is 16.6. The number of urea groups is 1. The molecule has 1 aromatic heterocycles. The van der Waals surface area contributed by atoms with Gasteiger partial charge in [-0.05, 0) is 54.4 Å². The molecule has 0 radical (unpaired) electrons. The first-order valence-corrected chi connectivity index (χ1v) is 9.73. The Kier molecular flexibility index (Phi) is 4.20.